The van der Waals surface area contributed by atoms with Gasteiger partial charge in [0.05, 0.1) is 5.71 Å². The molecule has 118 valence electrons. The standard InChI is InChI=1S/C15H13N3O4S/c19-15(18-23(20,21)12-7-4-8-16-10-12)14-9-13(17-22-14)11-5-2-1-3-6-11/h1-8,10,14H,9H2,(H,18,19). The van der Waals surface area contributed by atoms with Crippen molar-refractivity contribution in [3.05, 3.63) is 60.4 Å². The van der Waals surface area contributed by atoms with Gasteiger partial charge in [-0.1, -0.05) is 35.5 Å². The Labute approximate surface area is 133 Å². The molecule has 1 aromatic carbocycles. The molecule has 23 heavy (non-hydrogen) atoms. The van der Waals surface area contributed by atoms with Crippen molar-refractivity contribution < 1.29 is 18.0 Å². The van der Waals surface area contributed by atoms with Crippen LogP contribution in [-0.2, 0) is 19.7 Å². The molecule has 3 rings (SSSR count). The van der Waals surface area contributed by atoms with Crippen molar-refractivity contribution in [1.29, 1.82) is 0 Å². The van der Waals surface area contributed by atoms with Crippen molar-refractivity contribution in [2.75, 3.05) is 0 Å². The highest BCUT2D eigenvalue weighted by Gasteiger charge is 2.31. The number of nitrogens with one attached hydrogen (secondary N) is 1. The molecule has 0 saturated heterocycles. The topological polar surface area (TPSA) is 97.7 Å². The second kappa shape index (κ2) is 6.17. The predicted octanol–water partition coefficient (Wildman–Crippen LogP) is 1.08. The maximum Gasteiger partial charge on any atom is 0.278 e. The summed E-state index contributed by atoms with van der Waals surface area (Å²) in [6.45, 7) is 0. The third kappa shape index (κ3) is 3.37. The SMILES string of the molecule is O=C(NS(=O)(=O)c1cccnc1)C1CC(c2ccccc2)=NO1. The van der Waals surface area contributed by atoms with Crippen molar-refractivity contribution in [2.24, 2.45) is 5.16 Å². The summed E-state index contributed by atoms with van der Waals surface area (Å²) in [5, 5.41) is 3.86. The quantitative estimate of drug-likeness (QED) is 0.904. The van der Waals surface area contributed by atoms with Crippen LogP contribution in [0.2, 0.25) is 0 Å². The summed E-state index contributed by atoms with van der Waals surface area (Å²) in [5.74, 6) is -0.761. The molecule has 1 amide bonds. The van der Waals surface area contributed by atoms with Crippen LogP contribution in [0, 0.1) is 0 Å². The zero-order valence-electron chi connectivity index (χ0n) is 11.9. The molecule has 8 heteroatoms. The van der Waals surface area contributed by atoms with E-state index < -0.39 is 22.0 Å². The van der Waals surface area contributed by atoms with E-state index in [2.05, 4.69) is 10.1 Å². The highest BCUT2D eigenvalue weighted by atomic mass is 32.2. The second-order valence-electron chi connectivity index (χ2n) is 4.86. The zero-order chi connectivity index (χ0) is 16.3. The molecule has 1 aliphatic heterocycles. The number of sulfonamides is 1. The van der Waals surface area contributed by atoms with Gasteiger partial charge in [-0.25, -0.2) is 13.1 Å². The number of benzene rings is 1. The van der Waals surface area contributed by atoms with E-state index >= 15 is 0 Å². The van der Waals surface area contributed by atoms with Crippen LogP contribution in [0.4, 0.5) is 0 Å². The average molecular weight is 331 g/mol. The van der Waals surface area contributed by atoms with Gasteiger partial charge in [0.15, 0.2) is 0 Å². The Morgan fingerprint density at radius 3 is 2.65 bits per heavy atom. The van der Waals surface area contributed by atoms with E-state index in [9.17, 15) is 13.2 Å². The fourth-order valence-corrected chi connectivity index (χ4v) is 3.05. The molecule has 2 heterocycles. The Bertz CT molecular complexity index is 836. The molecule has 1 atom stereocenters. The molecule has 0 saturated carbocycles. The summed E-state index contributed by atoms with van der Waals surface area (Å²) < 4.78 is 26.2. The van der Waals surface area contributed by atoms with Crippen LogP contribution in [0.5, 0.6) is 0 Å². The van der Waals surface area contributed by atoms with E-state index in [0.29, 0.717) is 5.71 Å². The normalized spacial score (nSPS) is 17.2. The van der Waals surface area contributed by atoms with E-state index in [4.69, 9.17) is 4.84 Å². The first kappa shape index (κ1) is 15.2. The fourth-order valence-electron chi connectivity index (χ4n) is 2.08. The number of rotatable bonds is 4. The molecular weight excluding hydrogens is 318 g/mol. The van der Waals surface area contributed by atoms with Crippen molar-refractivity contribution in [1.82, 2.24) is 9.71 Å². The lowest BCUT2D eigenvalue weighted by atomic mass is 10.1. The van der Waals surface area contributed by atoms with Crippen LogP contribution < -0.4 is 4.72 Å². The van der Waals surface area contributed by atoms with Gasteiger partial charge in [-0.15, -0.1) is 0 Å². The predicted molar refractivity (Wildman–Crippen MR) is 82.0 cm³/mol. The lowest BCUT2D eigenvalue weighted by Crippen LogP contribution is -2.38. The minimum atomic E-state index is -3.97. The van der Waals surface area contributed by atoms with Gasteiger partial charge in [0, 0.05) is 18.8 Å². The van der Waals surface area contributed by atoms with Gasteiger partial charge in [-0.05, 0) is 17.7 Å². The van der Waals surface area contributed by atoms with Gasteiger partial charge >= 0.3 is 0 Å². The molecule has 7 nitrogen and oxygen atoms in total. The van der Waals surface area contributed by atoms with Crippen molar-refractivity contribution in [3.8, 4) is 0 Å². The molecule has 0 fully saturated rings. The minimum absolute atomic E-state index is 0.0875. The summed E-state index contributed by atoms with van der Waals surface area (Å²) in [6.07, 6.45) is 1.84. The Morgan fingerprint density at radius 2 is 1.96 bits per heavy atom. The van der Waals surface area contributed by atoms with Crippen molar-refractivity contribution in [3.63, 3.8) is 0 Å². The number of hydrogen-bond acceptors (Lipinski definition) is 6. The van der Waals surface area contributed by atoms with Crippen LogP contribution in [0.1, 0.15) is 12.0 Å². The number of amides is 1. The third-order valence-electron chi connectivity index (χ3n) is 3.25. The Kier molecular flexibility index (Phi) is 4.07. The first-order valence-electron chi connectivity index (χ1n) is 6.81. The Morgan fingerprint density at radius 1 is 1.17 bits per heavy atom. The molecule has 0 spiro atoms. The van der Waals surface area contributed by atoms with Crippen molar-refractivity contribution in [2.45, 2.75) is 17.4 Å². The van der Waals surface area contributed by atoms with Crippen LogP contribution in [0.15, 0.2) is 64.9 Å². The first-order valence-corrected chi connectivity index (χ1v) is 8.29. The highest BCUT2D eigenvalue weighted by Crippen LogP contribution is 2.17. The largest absolute Gasteiger partial charge is 0.382 e. The van der Waals surface area contributed by atoms with Gasteiger partial charge in [0.25, 0.3) is 15.9 Å². The number of nitrogens with zero attached hydrogens (tertiary/aromatic N) is 2. The van der Waals surface area contributed by atoms with Gasteiger partial charge in [-0.3, -0.25) is 9.78 Å². The maximum atomic E-state index is 12.1. The van der Waals surface area contributed by atoms with E-state index in [1.165, 1.54) is 18.3 Å². The van der Waals surface area contributed by atoms with Crippen LogP contribution in [-0.4, -0.2) is 31.1 Å². The molecule has 0 bridgehead atoms. The van der Waals surface area contributed by atoms with E-state index in [1.54, 1.807) is 0 Å². The van der Waals surface area contributed by atoms with Gasteiger partial charge in [-0.2, -0.15) is 0 Å². The summed E-state index contributed by atoms with van der Waals surface area (Å²) in [6, 6.07) is 12.1. The van der Waals surface area contributed by atoms with E-state index in [-0.39, 0.29) is 11.3 Å². The smallest absolute Gasteiger partial charge is 0.278 e. The zero-order valence-corrected chi connectivity index (χ0v) is 12.7. The number of pyridine rings is 1. The molecule has 0 aliphatic carbocycles. The molecule has 1 aliphatic rings. The van der Waals surface area contributed by atoms with Crippen LogP contribution >= 0.6 is 0 Å². The maximum absolute atomic E-state index is 12.1. The van der Waals surface area contributed by atoms with Gasteiger partial charge in [0.1, 0.15) is 4.90 Å². The fraction of sp³-hybridized carbons (Fsp3) is 0.133. The number of aromatic nitrogens is 1. The molecule has 1 aromatic heterocycles. The monoisotopic (exact) mass is 331 g/mol. The summed E-state index contributed by atoms with van der Waals surface area (Å²) in [5.41, 5.74) is 1.43. The number of hydrogen-bond donors (Lipinski definition) is 1. The van der Waals surface area contributed by atoms with Gasteiger partial charge < -0.3 is 4.84 Å². The van der Waals surface area contributed by atoms with Crippen molar-refractivity contribution >= 4 is 21.6 Å². The molecule has 2 aromatic rings. The molecular formula is C15H13N3O4S. The molecule has 1 unspecified atom stereocenters. The minimum Gasteiger partial charge on any atom is -0.382 e. The first-order chi connectivity index (χ1) is 11.1. The number of carbonyl (C=O) groups is 1. The second-order valence-corrected chi connectivity index (χ2v) is 6.54. The summed E-state index contributed by atoms with van der Waals surface area (Å²) in [4.78, 5) is 20.8. The van der Waals surface area contributed by atoms with Crippen LogP contribution in [0.25, 0.3) is 0 Å². The Hall–Kier alpha value is -2.74. The van der Waals surface area contributed by atoms with Crippen LogP contribution in [0.3, 0.4) is 0 Å². The average Bonchev–Trinajstić information content (AvgIpc) is 3.06. The lowest BCUT2D eigenvalue weighted by Gasteiger charge is -2.10. The summed E-state index contributed by atoms with van der Waals surface area (Å²) in [7, 11) is -3.97. The number of oxime groups is 1. The molecule has 1 N–H and O–H groups in total. The van der Waals surface area contributed by atoms with E-state index in [0.717, 1.165) is 11.8 Å². The highest BCUT2D eigenvalue weighted by molar-refractivity contribution is 7.90. The molecule has 0 radical (unpaired) electrons. The number of carbonyl (C=O) groups excluding carboxylic acids is 1. The lowest BCUT2D eigenvalue weighted by molar-refractivity contribution is -0.129. The Balaban J connectivity index is 1.67. The third-order valence-corrected chi connectivity index (χ3v) is 4.58. The summed E-state index contributed by atoms with van der Waals surface area (Å²) >= 11 is 0. The van der Waals surface area contributed by atoms with E-state index in [1.807, 2.05) is 35.1 Å². The van der Waals surface area contributed by atoms with Gasteiger partial charge in [0.2, 0.25) is 6.10 Å².